The summed E-state index contributed by atoms with van der Waals surface area (Å²) < 4.78 is 0. The first-order chi connectivity index (χ1) is 11.5. The minimum atomic E-state index is -0.903. The predicted molar refractivity (Wildman–Crippen MR) is 94.5 cm³/mol. The third-order valence-corrected chi connectivity index (χ3v) is 4.44. The lowest BCUT2D eigenvalue weighted by molar-refractivity contribution is -0.122. The van der Waals surface area contributed by atoms with E-state index in [4.69, 9.17) is 11.6 Å². The molecule has 1 aromatic heterocycles. The number of nitrogens with zero attached hydrogens (tertiary/aromatic N) is 1. The third-order valence-electron chi connectivity index (χ3n) is 3.16. The second kappa shape index (κ2) is 8.42. The molecule has 1 N–H and O–H groups in total. The second-order valence-corrected chi connectivity index (χ2v) is 6.15. The molecule has 1 radical (unpaired) electrons. The molecule has 1 unspecified atom stereocenters. The molecule has 2 aromatic rings. The van der Waals surface area contributed by atoms with Crippen LogP contribution in [0.1, 0.15) is 16.5 Å². The Labute approximate surface area is 148 Å². The minimum Gasteiger partial charge on any atom is -0.322 e. The lowest BCUT2D eigenvalue weighted by Crippen LogP contribution is -2.42. The molecule has 2 rings (SSSR count). The summed E-state index contributed by atoms with van der Waals surface area (Å²) in [5.74, 6) is -0.539. The third kappa shape index (κ3) is 4.53. The number of carbonyl (C=O) groups is 2. The smallest absolute Gasteiger partial charge is 0.322 e. The number of benzene rings is 1. The van der Waals surface area contributed by atoms with E-state index in [2.05, 4.69) is 5.32 Å². The van der Waals surface area contributed by atoms with Gasteiger partial charge in [-0.15, -0.1) is 11.3 Å². The number of amides is 3. The van der Waals surface area contributed by atoms with Crippen LogP contribution < -0.4 is 5.32 Å². The van der Waals surface area contributed by atoms with E-state index in [9.17, 15) is 14.4 Å². The molecule has 7 heteroatoms. The Kier molecular flexibility index (Phi) is 6.28. The SMILES string of the molecule is CN(C(=O)/C=C/c1ccccc1Cl)C(=O)NC([C]=O)c1cccs1. The summed E-state index contributed by atoms with van der Waals surface area (Å²) in [4.78, 5) is 36.7. The lowest BCUT2D eigenvalue weighted by Gasteiger charge is -2.17. The van der Waals surface area contributed by atoms with Crippen molar-refractivity contribution in [2.75, 3.05) is 7.05 Å². The zero-order chi connectivity index (χ0) is 17.5. The van der Waals surface area contributed by atoms with Crippen molar-refractivity contribution >= 4 is 47.2 Å². The van der Waals surface area contributed by atoms with E-state index in [1.807, 2.05) is 0 Å². The minimum absolute atomic E-state index is 0.502. The van der Waals surface area contributed by atoms with Crippen molar-refractivity contribution in [2.45, 2.75) is 6.04 Å². The molecule has 0 aliphatic carbocycles. The summed E-state index contributed by atoms with van der Waals surface area (Å²) in [7, 11) is 1.32. The molecule has 5 nitrogen and oxygen atoms in total. The van der Waals surface area contributed by atoms with Crippen molar-refractivity contribution in [3.05, 3.63) is 63.3 Å². The zero-order valence-electron chi connectivity index (χ0n) is 12.7. The maximum atomic E-state index is 12.1. The van der Waals surface area contributed by atoms with E-state index in [0.29, 0.717) is 15.5 Å². The summed E-state index contributed by atoms with van der Waals surface area (Å²) in [6, 6.07) is 8.90. The highest BCUT2D eigenvalue weighted by atomic mass is 35.5. The van der Waals surface area contributed by atoms with Gasteiger partial charge in [-0.25, -0.2) is 4.79 Å². The quantitative estimate of drug-likeness (QED) is 0.829. The molecule has 0 bridgehead atoms. The van der Waals surface area contributed by atoms with Crippen LogP contribution in [-0.4, -0.2) is 30.2 Å². The van der Waals surface area contributed by atoms with Crippen LogP contribution in [0.3, 0.4) is 0 Å². The fraction of sp³-hybridized carbons (Fsp3) is 0.118. The van der Waals surface area contributed by atoms with Crippen LogP contribution in [0.15, 0.2) is 47.9 Å². The molecule has 0 spiro atoms. The molecule has 0 fully saturated rings. The average molecular weight is 362 g/mol. The topological polar surface area (TPSA) is 66.5 Å². The summed E-state index contributed by atoms with van der Waals surface area (Å²) >= 11 is 7.31. The Morgan fingerprint density at radius 3 is 2.67 bits per heavy atom. The fourth-order valence-electron chi connectivity index (χ4n) is 1.82. The largest absolute Gasteiger partial charge is 0.324 e. The van der Waals surface area contributed by atoms with Gasteiger partial charge in [0.25, 0.3) is 5.91 Å². The molecule has 0 saturated heterocycles. The van der Waals surface area contributed by atoms with Crippen LogP contribution in [0.25, 0.3) is 6.08 Å². The van der Waals surface area contributed by atoms with Gasteiger partial charge < -0.3 is 5.32 Å². The molecule has 1 aromatic carbocycles. The number of urea groups is 1. The van der Waals surface area contributed by atoms with Crippen LogP contribution in [0.2, 0.25) is 5.02 Å². The number of thiophene rings is 1. The summed E-state index contributed by atoms with van der Waals surface area (Å²) in [5, 5.41) is 4.74. The normalized spacial score (nSPS) is 11.9. The van der Waals surface area contributed by atoms with Gasteiger partial charge in [-0.05, 0) is 29.2 Å². The number of carbonyl (C=O) groups excluding carboxylic acids is 3. The van der Waals surface area contributed by atoms with Crippen LogP contribution >= 0.6 is 22.9 Å². The maximum Gasteiger partial charge on any atom is 0.324 e. The number of hydrogen-bond donors (Lipinski definition) is 1. The Bertz CT molecular complexity index is 759. The van der Waals surface area contributed by atoms with Gasteiger partial charge in [0, 0.05) is 23.0 Å². The molecule has 1 atom stereocenters. The Morgan fingerprint density at radius 2 is 2.04 bits per heavy atom. The molecule has 3 amide bonds. The first kappa shape index (κ1) is 17.9. The van der Waals surface area contributed by atoms with Crippen molar-refractivity contribution in [2.24, 2.45) is 0 Å². The molecule has 1 heterocycles. The number of hydrogen-bond acceptors (Lipinski definition) is 4. The van der Waals surface area contributed by atoms with Crippen molar-refractivity contribution in [3.63, 3.8) is 0 Å². The Balaban J connectivity index is 2.00. The van der Waals surface area contributed by atoms with E-state index in [1.54, 1.807) is 48.1 Å². The molecule has 0 aliphatic heterocycles. The number of halogens is 1. The van der Waals surface area contributed by atoms with Crippen LogP contribution in [0.4, 0.5) is 4.79 Å². The van der Waals surface area contributed by atoms with E-state index in [1.165, 1.54) is 30.5 Å². The predicted octanol–water partition coefficient (Wildman–Crippen LogP) is 3.43. The molecule has 24 heavy (non-hydrogen) atoms. The summed E-state index contributed by atoms with van der Waals surface area (Å²) in [6.45, 7) is 0. The standard InChI is InChI=1S/C17H14ClN2O3S/c1-20(16(22)9-8-12-5-2-3-6-13(12)18)17(23)19-14(11-21)15-7-4-10-24-15/h2-10,14H,1H3,(H,19,23)/b9-8+. The first-order valence-electron chi connectivity index (χ1n) is 6.95. The van der Waals surface area contributed by atoms with Gasteiger partial charge >= 0.3 is 6.03 Å². The Morgan fingerprint density at radius 1 is 1.29 bits per heavy atom. The average Bonchev–Trinajstić information content (AvgIpc) is 3.12. The highest BCUT2D eigenvalue weighted by Gasteiger charge is 2.20. The fourth-order valence-corrected chi connectivity index (χ4v) is 2.73. The van der Waals surface area contributed by atoms with E-state index < -0.39 is 18.0 Å². The van der Waals surface area contributed by atoms with E-state index in [0.717, 1.165) is 4.90 Å². The van der Waals surface area contributed by atoms with Crippen molar-refractivity contribution in [1.29, 1.82) is 0 Å². The number of nitrogens with one attached hydrogen (secondary N) is 1. The van der Waals surface area contributed by atoms with Crippen molar-refractivity contribution in [3.8, 4) is 0 Å². The van der Waals surface area contributed by atoms with Gasteiger partial charge in [0.1, 0.15) is 6.04 Å². The second-order valence-electron chi connectivity index (χ2n) is 4.77. The van der Waals surface area contributed by atoms with Gasteiger partial charge in [-0.1, -0.05) is 35.9 Å². The molecular weight excluding hydrogens is 348 g/mol. The summed E-state index contributed by atoms with van der Waals surface area (Å²) in [5.41, 5.74) is 0.666. The monoisotopic (exact) mass is 361 g/mol. The Hall–Kier alpha value is -2.44. The number of imide groups is 1. The summed E-state index contributed by atoms with van der Waals surface area (Å²) in [6.07, 6.45) is 4.52. The lowest BCUT2D eigenvalue weighted by atomic mass is 10.2. The molecular formula is C17H14ClN2O3S. The maximum absolute atomic E-state index is 12.1. The molecule has 0 saturated carbocycles. The van der Waals surface area contributed by atoms with Crippen molar-refractivity contribution < 1.29 is 14.4 Å². The number of rotatable bonds is 5. The van der Waals surface area contributed by atoms with Crippen LogP contribution in [-0.2, 0) is 9.59 Å². The molecule has 123 valence electrons. The number of likely N-dealkylation sites (N-methyl/N-ethyl adjacent to an activating group) is 1. The van der Waals surface area contributed by atoms with Crippen molar-refractivity contribution in [1.82, 2.24) is 10.2 Å². The van der Waals surface area contributed by atoms with Gasteiger partial charge in [-0.2, -0.15) is 0 Å². The molecule has 0 aliphatic rings. The van der Waals surface area contributed by atoms with Gasteiger partial charge in [0.2, 0.25) is 6.29 Å². The highest BCUT2D eigenvalue weighted by Crippen LogP contribution is 2.18. The van der Waals surface area contributed by atoms with Gasteiger partial charge in [0.15, 0.2) is 0 Å². The van der Waals surface area contributed by atoms with Gasteiger partial charge in [-0.3, -0.25) is 14.5 Å². The van der Waals surface area contributed by atoms with E-state index >= 15 is 0 Å². The zero-order valence-corrected chi connectivity index (χ0v) is 14.3. The van der Waals surface area contributed by atoms with Crippen LogP contribution in [0, 0.1) is 0 Å². The highest BCUT2D eigenvalue weighted by molar-refractivity contribution is 7.10. The van der Waals surface area contributed by atoms with Gasteiger partial charge in [0.05, 0.1) is 0 Å². The first-order valence-corrected chi connectivity index (χ1v) is 8.20. The van der Waals surface area contributed by atoms with Crippen LogP contribution in [0.5, 0.6) is 0 Å². The van der Waals surface area contributed by atoms with E-state index in [-0.39, 0.29) is 0 Å².